The van der Waals surface area contributed by atoms with E-state index < -0.39 is 28.3 Å². The molecule has 0 unspecified atom stereocenters. The Hall–Kier alpha value is -1.87. The standard InChI is InChI=1S/C15H19FN2O5S/c1-2-24(20,21)23-14-10-18(15(19)22-14)11-5-6-13(12(16)9-11)17-7-3-4-8-17/h5-6,9,14H,2-4,7-8,10H2,1H3/t14-/m1/s1. The van der Waals surface area contributed by atoms with Crippen molar-refractivity contribution in [3.8, 4) is 0 Å². The van der Waals surface area contributed by atoms with E-state index in [9.17, 15) is 17.6 Å². The van der Waals surface area contributed by atoms with Crippen LogP contribution in [0.5, 0.6) is 0 Å². The van der Waals surface area contributed by atoms with Gasteiger partial charge in [0.15, 0.2) is 0 Å². The minimum atomic E-state index is -3.74. The molecular weight excluding hydrogens is 339 g/mol. The maximum Gasteiger partial charge on any atom is 0.416 e. The van der Waals surface area contributed by atoms with Crippen molar-refractivity contribution in [2.75, 3.05) is 35.2 Å². The Balaban J connectivity index is 1.74. The number of hydrogen-bond donors (Lipinski definition) is 0. The number of halogens is 1. The van der Waals surface area contributed by atoms with Gasteiger partial charge in [0.1, 0.15) is 5.82 Å². The van der Waals surface area contributed by atoms with E-state index in [-0.39, 0.29) is 12.3 Å². The molecule has 2 aliphatic heterocycles. The summed E-state index contributed by atoms with van der Waals surface area (Å²) in [4.78, 5) is 15.0. The van der Waals surface area contributed by atoms with E-state index >= 15 is 0 Å². The van der Waals surface area contributed by atoms with Crippen molar-refractivity contribution in [1.29, 1.82) is 0 Å². The van der Waals surface area contributed by atoms with Crippen molar-refractivity contribution in [2.45, 2.75) is 26.1 Å². The van der Waals surface area contributed by atoms with Gasteiger partial charge in [0.2, 0.25) is 6.29 Å². The second kappa shape index (κ2) is 6.56. The quantitative estimate of drug-likeness (QED) is 0.750. The van der Waals surface area contributed by atoms with Gasteiger partial charge in [-0.15, -0.1) is 0 Å². The second-order valence-electron chi connectivity index (χ2n) is 5.70. The molecule has 0 radical (unpaired) electrons. The van der Waals surface area contributed by atoms with E-state index in [0.717, 1.165) is 30.8 Å². The Morgan fingerprint density at radius 2 is 2.04 bits per heavy atom. The number of amides is 1. The van der Waals surface area contributed by atoms with Crippen molar-refractivity contribution in [1.82, 2.24) is 0 Å². The Morgan fingerprint density at radius 1 is 1.33 bits per heavy atom. The van der Waals surface area contributed by atoms with Crippen molar-refractivity contribution in [2.24, 2.45) is 0 Å². The summed E-state index contributed by atoms with van der Waals surface area (Å²) in [6, 6.07) is 4.50. The molecule has 0 N–H and O–H groups in total. The van der Waals surface area contributed by atoms with Gasteiger partial charge in [0, 0.05) is 13.1 Å². The molecule has 3 rings (SSSR count). The molecule has 2 fully saturated rings. The molecule has 1 atom stereocenters. The van der Waals surface area contributed by atoms with Crippen LogP contribution in [0.25, 0.3) is 0 Å². The Bertz CT molecular complexity index is 733. The SMILES string of the molecule is CCS(=O)(=O)O[C@@H]1CN(c2ccc(N3CCCC3)c(F)c2)C(=O)O1. The maximum absolute atomic E-state index is 14.4. The minimum absolute atomic E-state index is 0.111. The molecule has 2 heterocycles. The van der Waals surface area contributed by atoms with Crippen molar-refractivity contribution >= 4 is 27.6 Å². The number of benzene rings is 1. The third kappa shape index (κ3) is 3.46. The van der Waals surface area contributed by atoms with E-state index in [4.69, 9.17) is 8.92 Å². The number of ether oxygens (including phenoxy) is 1. The van der Waals surface area contributed by atoms with Crippen LogP contribution in [0.15, 0.2) is 18.2 Å². The third-order valence-electron chi connectivity index (χ3n) is 4.08. The van der Waals surface area contributed by atoms with Gasteiger partial charge in [0.25, 0.3) is 10.1 Å². The van der Waals surface area contributed by atoms with Gasteiger partial charge < -0.3 is 9.64 Å². The van der Waals surface area contributed by atoms with Crippen molar-refractivity contribution in [3.63, 3.8) is 0 Å². The number of anilines is 2. The first-order chi connectivity index (χ1) is 11.4. The summed E-state index contributed by atoms with van der Waals surface area (Å²) in [7, 11) is -3.74. The average Bonchev–Trinajstić information content (AvgIpc) is 3.16. The van der Waals surface area contributed by atoms with Gasteiger partial charge in [-0.05, 0) is 38.0 Å². The number of hydrogen-bond acceptors (Lipinski definition) is 6. The predicted molar refractivity (Wildman–Crippen MR) is 86.0 cm³/mol. The summed E-state index contributed by atoms with van der Waals surface area (Å²) in [5.74, 6) is -0.645. The lowest BCUT2D eigenvalue weighted by molar-refractivity contribution is 0.0109. The molecule has 1 amide bonds. The van der Waals surface area contributed by atoms with Gasteiger partial charge in [-0.25, -0.2) is 13.4 Å². The van der Waals surface area contributed by atoms with Gasteiger partial charge in [-0.3, -0.25) is 4.90 Å². The van der Waals surface area contributed by atoms with Crippen LogP contribution >= 0.6 is 0 Å². The Kier molecular flexibility index (Phi) is 4.64. The monoisotopic (exact) mass is 358 g/mol. The van der Waals surface area contributed by atoms with Crippen molar-refractivity contribution in [3.05, 3.63) is 24.0 Å². The molecule has 1 aromatic rings. The molecular formula is C15H19FN2O5S. The zero-order valence-corrected chi connectivity index (χ0v) is 14.1. The summed E-state index contributed by atoms with van der Waals surface area (Å²) in [6.07, 6.45) is 0.0816. The second-order valence-corrected chi connectivity index (χ2v) is 7.58. The number of carbonyl (C=O) groups excluding carboxylic acids is 1. The Labute approximate surface area is 140 Å². The van der Waals surface area contributed by atoms with E-state index in [1.54, 1.807) is 12.1 Å². The highest BCUT2D eigenvalue weighted by molar-refractivity contribution is 7.86. The smallest absolute Gasteiger partial charge is 0.416 e. The highest BCUT2D eigenvalue weighted by atomic mass is 32.2. The minimum Gasteiger partial charge on any atom is -0.416 e. The maximum atomic E-state index is 14.4. The van der Waals surface area contributed by atoms with Crippen LogP contribution in [-0.2, 0) is 19.0 Å². The van der Waals surface area contributed by atoms with Crippen LogP contribution in [-0.4, -0.2) is 46.2 Å². The fraction of sp³-hybridized carbons (Fsp3) is 0.533. The van der Waals surface area contributed by atoms with Crippen LogP contribution < -0.4 is 9.80 Å². The number of nitrogens with zero attached hydrogens (tertiary/aromatic N) is 2. The number of rotatable bonds is 5. The normalized spacial score (nSPS) is 21.4. The zero-order valence-electron chi connectivity index (χ0n) is 13.3. The molecule has 0 saturated carbocycles. The van der Waals surface area contributed by atoms with E-state index in [1.807, 2.05) is 4.90 Å². The zero-order chi connectivity index (χ0) is 17.3. The molecule has 2 aliphatic rings. The average molecular weight is 358 g/mol. The lowest BCUT2D eigenvalue weighted by Gasteiger charge is -2.20. The summed E-state index contributed by atoms with van der Waals surface area (Å²) < 4.78 is 46.9. The summed E-state index contributed by atoms with van der Waals surface area (Å²) >= 11 is 0. The first-order valence-electron chi connectivity index (χ1n) is 7.83. The molecule has 9 heteroatoms. The molecule has 2 saturated heterocycles. The molecule has 0 spiro atoms. The van der Waals surface area contributed by atoms with E-state index in [2.05, 4.69) is 0 Å². The molecule has 0 bridgehead atoms. The number of carbonyl (C=O) groups is 1. The molecule has 132 valence electrons. The highest BCUT2D eigenvalue weighted by Gasteiger charge is 2.36. The first-order valence-corrected chi connectivity index (χ1v) is 9.41. The molecule has 0 aromatic heterocycles. The summed E-state index contributed by atoms with van der Waals surface area (Å²) in [6.45, 7) is 2.94. The summed E-state index contributed by atoms with van der Waals surface area (Å²) in [5.41, 5.74) is 0.811. The molecule has 24 heavy (non-hydrogen) atoms. The lowest BCUT2D eigenvalue weighted by Crippen LogP contribution is -2.27. The van der Waals surface area contributed by atoms with Crippen LogP contribution in [0.2, 0.25) is 0 Å². The molecule has 0 aliphatic carbocycles. The lowest BCUT2D eigenvalue weighted by atomic mass is 10.2. The van der Waals surface area contributed by atoms with E-state index in [1.165, 1.54) is 13.0 Å². The number of cyclic esters (lactones) is 1. The van der Waals surface area contributed by atoms with Crippen LogP contribution in [0.1, 0.15) is 19.8 Å². The first kappa shape index (κ1) is 17.0. The largest absolute Gasteiger partial charge is 0.416 e. The fourth-order valence-corrected chi connectivity index (χ4v) is 3.37. The third-order valence-corrected chi connectivity index (χ3v) is 5.30. The van der Waals surface area contributed by atoms with Crippen LogP contribution in [0.3, 0.4) is 0 Å². The summed E-state index contributed by atoms with van der Waals surface area (Å²) in [5, 5.41) is 0. The predicted octanol–water partition coefficient (Wildman–Crippen LogP) is 2.07. The molecule has 7 nitrogen and oxygen atoms in total. The van der Waals surface area contributed by atoms with Gasteiger partial charge >= 0.3 is 6.09 Å². The van der Waals surface area contributed by atoms with Crippen molar-refractivity contribution < 1.29 is 26.5 Å². The van der Waals surface area contributed by atoms with Gasteiger partial charge in [-0.2, -0.15) is 8.42 Å². The van der Waals surface area contributed by atoms with Crippen LogP contribution in [0.4, 0.5) is 20.6 Å². The van der Waals surface area contributed by atoms with Gasteiger partial charge in [-0.1, -0.05) is 0 Å². The van der Waals surface area contributed by atoms with Crippen LogP contribution in [0, 0.1) is 5.82 Å². The highest BCUT2D eigenvalue weighted by Crippen LogP contribution is 2.30. The van der Waals surface area contributed by atoms with E-state index in [0.29, 0.717) is 11.4 Å². The Morgan fingerprint density at radius 3 is 2.67 bits per heavy atom. The van der Waals surface area contributed by atoms with Gasteiger partial charge in [0.05, 0.1) is 23.7 Å². The fourth-order valence-electron chi connectivity index (χ4n) is 2.81. The topological polar surface area (TPSA) is 76.2 Å². The molecule has 1 aromatic carbocycles.